The summed E-state index contributed by atoms with van der Waals surface area (Å²) in [6.45, 7) is 1.54. The number of carbonyl (C=O) groups is 1. The lowest BCUT2D eigenvalue weighted by atomic mass is 10.0. The van der Waals surface area contributed by atoms with Crippen LogP contribution in [0.3, 0.4) is 0 Å². The number of nitrogens with zero attached hydrogens (tertiary/aromatic N) is 3. The fourth-order valence-corrected chi connectivity index (χ4v) is 3.61. The molecule has 6 nitrogen and oxygen atoms in total. The van der Waals surface area contributed by atoms with Crippen LogP contribution >= 0.6 is 11.3 Å². The molecule has 23 heavy (non-hydrogen) atoms. The van der Waals surface area contributed by atoms with Gasteiger partial charge in [0.1, 0.15) is 5.52 Å². The maximum Gasteiger partial charge on any atom is 0.292 e. The van der Waals surface area contributed by atoms with Crippen LogP contribution in [0.1, 0.15) is 29.8 Å². The van der Waals surface area contributed by atoms with Gasteiger partial charge in [0.15, 0.2) is 5.58 Å². The van der Waals surface area contributed by atoms with Crippen molar-refractivity contribution in [1.29, 1.82) is 0 Å². The topological polar surface area (TPSA) is 84.7 Å². The third-order valence-corrected chi connectivity index (χ3v) is 4.82. The van der Waals surface area contributed by atoms with Gasteiger partial charge in [-0.05, 0) is 29.6 Å². The molecule has 0 radical (unpaired) electrons. The molecule has 1 amide bonds. The molecule has 0 fully saturated rings. The van der Waals surface area contributed by atoms with Crippen molar-refractivity contribution in [2.75, 3.05) is 5.73 Å². The number of nitrogens with two attached hydrogens (primary N) is 1. The predicted molar refractivity (Wildman–Crippen MR) is 89.2 cm³/mol. The van der Waals surface area contributed by atoms with Crippen LogP contribution in [0, 0.1) is 0 Å². The Labute approximate surface area is 136 Å². The van der Waals surface area contributed by atoms with Gasteiger partial charge >= 0.3 is 0 Å². The summed E-state index contributed by atoms with van der Waals surface area (Å²) in [4.78, 5) is 17.2. The third kappa shape index (κ3) is 2.39. The van der Waals surface area contributed by atoms with Crippen LogP contribution in [0.4, 0.5) is 6.01 Å². The minimum Gasteiger partial charge on any atom is -0.424 e. The number of thiophene rings is 1. The number of anilines is 1. The zero-order valence-electron chi connectivity index (χ0n) is 12.4. The van der Waals surface area contributed by atoms with Crippen LogP contribution in [0.5, 0.6) is 0 Å². The standard InChI is InChI=1S/C16H14N4O2S/c1-9(21)20-13(15-3-2-6-23-15)8-11(19-20)10-4-5-14-12(7-10)18-16(17)22-14/h2-7,13H,8H2,1H3,(H2,17,18). The van der Waals surface area contributed by atoms with Gasteiger partial charge in [0, 0.05) is 23.8 Å². The van der Waals surface area contributed by atoms with Gasteiger partial charge < -0.3 is 10.2 Å². The lowest BCUT2D eigenvalue weighted by molar-refractivity contribution is -0.130. The van der Waals surface area contributed by atoms with Gasteiger partial charge in [-0.15, -0.1) is 11.3 Å². The summed E-state index contributed by atoms with van der Waals surface area (Å²) < 4.78 is 5.29. The average molecular weight is 326 g/mol. The molecule has 1 atom stereocenters. The van der Waals surface area contributed by atoms with E-state index in [1.165, 1.54) is 6.92 Å². The van der Waals surface area contributed by atoms with Crippen LogP contribution in [-0.2, 0) is 4.79 Å². The molecule has 116 valence electrons. The summed E-state index contributed by atoms with van der Waals surface area (Å²) in [6, 6.07) is 9.76. The van der Waals surface area contributed by atoms with E-state index in [1.807, 2.05) is 35.7 Å². The zero-order chi connectivity index (χ0) is 16.0. The quantitative estimate of drug-likeness (QED) is 0.784. The fraction of sp³-hybridized carbons (Fsp3) is 0.188. The first-order valence-corrected chi connectivity index (χ1v) is 8.07. The first-order valence-electron chi connectivity index (χ1n) is 7.19. The summed E-state index contributed by atoms with van der Waals surface area (Å²) in [5, 5.41) is 8.09. The van der Waals surface area contributed by atoms with E-state index in [0.717, 1.165) is 16.2 Å². The largest absolute Gasteiger partial charge is 0.424 e. The van der Waals surface area contributed by atoms with Crippen LogP contribution < -0.4 is 5.73 Å². The molecule has 7 heteroatoms. The summed E-state index contributed by atoms with van der Waals surface area (Å²) in [5.41, 5.74) is 8.71. The van der Waals surface area contributed by atoms with E-state index in [9.17, 15) is 4.79 Å². The fourth-order valence-electron chi connectivity index (χ4n) is 2.80. The summed E-state index contributed by atoms with van der Waals surface area (Å²) >= 11 is 1.63. The monoisotopic (exact) mass is 326 g/mol. The molecule has 1 aliphatic heterocycles. The lowest BCUT2D eigenvalue weighted by Crippen LogP contribution is -2.23. The van der Waals surface area contributed by atoms with Gasteiger partial charge in [-0.3, -0.25) is 4.79 Å². The summed E-state index contributed by atoms with van der Waals surface area (Å²) in [6.07, 6.45) is 0.679. The van der Waals surface area contributed by atoms with Gasteiger partial charge in [-0.2, -0.15) is 10.1 Å². The number of hydrogen-bond donors (Lipinski definition) is 1. The number of oxazole rings is 1. The van der Waals surface area contributed by atoms with Gasteiger partial charge in [-0.25, -0.2) is 5.01 Å². The zero-order valence-corrected chi connectivity index (χ0v) is 13.2. The molecule has 2 N–H and O–H groups in total. The van der Waals surface area contributed by atoms with Crippen LogP contribution in [0.25, 0.3) is 11.1 Å². The molecule has 1 aromatic carbocycles. The smallest absolute Gasteiger partial charge is 0.292 e. The maximum atomic E-state index is 11.9. The number of benzene rings is 1. The number of hydrazone groups is 1. The number of hydrogen-bond acceptors (Lipinski definition) is 6. The van der Waals surface area contributed by atoms with E-state index in [0.29, 0.717) is 17.5 Å². The van der Waals surface area contributed by atoms with E-state index < -0.39 is 0 Å². The summed E-state index contributed by atoms with van der Waals surface area (Å²) in [7, 11) is 0. The number of carbonyl (C=O) groups excluding carboxylic acids is 1. The molecule has 0 spiro atoms. The molecule has 4 rings (SSSR count). The Morgan fingerprint density at radius 1 is 1.43 bits per heavy atom. The highest BCUT2D eigenvalue weighted by Crippen LogP contribution is 2.35. The number of fused-ring (bicyclic) bond motifs is 1. The minimum atomic E-state index is -0.0647. The van der Waals surface area contributed by atoms with Crippen molar-refractivity contribution in [3.05, 3.63) is 46.2 Å². The summed E-state index contributed by atoms with van der Waals surface area (Å²) in [5.74, 6) is -0.0647. The van der Waals surface area contributed by atoms with Crippen molar-refractivity contribution in [2.24, 2.45) is 5.10 Å². The second kappa shape index (κ2) is 5.20. The van der Waals surface area contributed by atoms with E-state index in [2.05, 4.69) is 10.1 Å². The molecular formula is C16H14N4O2S. The Morgan fingerprint density at radius 2 is 2.30 bits per heavy atom. The van der Waals surface area contributed by atoms with E-state index in [1.54, 1.807) is 16.3 Å². The number of aromatic nitrogens is 1. The first-order chi connectivity index (χ1) is 11.1. The van der Waals surface area contributed by atoms with E-state index >= 15 is 0 Å². The third-order valence-electron chi connectivity index (χ3n) is 3.84. The molecule has 0 aliphatic carbocycles. The molecule has 0 saturated heterocycles. The molecule has 0 bridgehead atoms. The van der Waals surface area contributed by atoms with Gasteiger partial charge in [0.2, 0.25) is 5.91 Å². The Bertz CT molecular complexity index is 913. The highest BCUT2D eigenvalue weighted by molar-refractivity contribution is 7.10. The predicted octanol–water partition coefficient (Wildman–Crippen LogP) is 3.17. The van der Waals surface area contributed by atoms with Crippen molar-refractivity contribution in [1.82, 2.24) is 9.99 Å². The Morgan fingerprint density at radius 3 is 3.04 bits per heavy atom. The molecule has 2 aromatic heterocycles. The van der Waals surface area contributed by atoms with Crippen molar-refractivity contribution in [2.45, 2.75) is 19.4 Å². The Kier molecular flexibility index (Phi) is 3.16. The van der Waals surface area contributed by atoms with E-state index in [4.69, 9.17) is 10.2 Å². The SMILES string of the molecule is CC(=O)N1N=C(c2ccc3oc(N)nc3c2)CC1c1cccs1. The van der Waals surface area contributed by atoms with Crippen LogP contribution in [0.15, 0.2) is 45.2 Å². The number of rotatable bonds is 2. The van der Waals surface area contributed by atoms with Crippen molar-refractivity contribution in [3.63, 3.8) is 0 Å². The van der Waals surface area contributed by atoms with Gasteiger partial charge in [-0.1, -0.05) is 6.07 Å². The number of nitrogen functional groups attached to an aromatic ring is 1. The van der Waals surface area contributed by atoms with Crippen molar-refractivity contribution >= 4 is 40.1 Å². The highest BCUT2D eigenvalue weighted by Gasteiger charge is 2.32. The molecule has 1 unspecified atom stereocenters. The van der Waals surface area contributed by atoms with Crippen LogP contribution in [0.2, 0.25) is 0 Å². The van der Waals surface area contributed by atoms with Crippen molar-refractivity contribution < 1.29 is 9.21 Å². The highest BCUT2D eigenvalue weighted by atomic mass is 32.1. The molecule has 0 saturated carbocycles. The van der Waals surface area contributed by atoms with E-state index in [-0.39, 0.29) is 18.0 Å². The Balaban J connectivity index is 1.72. The van der Waals surface area contributed by atoms with Crippen molar-refractivity contribution in [3.8, 4) is 0 Å². The Hall–Kier alpha value is -2.67. The first kappa shape index (κ1) is 14.0. The second-order valence-corrected chi connectivity index (χ2v) is 6.36. The number of amides is 1. The maximum absolute atomic E-state index is 11.9. The lowest BCUT2D eigenvalue weighted by Gasteiger charge is -2.18. The molecular weight excluding hydrogens is 312 g/mol. The van der Waals surface area contributed by atoms with Crippen LogP contribution in [-0.4, -0.2) is 21.6 Å². The van der Waals surface area contributed by atoms with Gasteiger partial charge in [0.25, 0.3) is 6.01 Å². The minimum absolute atomic E-state index is 0.0411. The molecule has 1 aliphatic rings. The van der Waals surface area contributed by atoms with Gasteiger partial charge in [0.05, 0.1) is 11.8 Å². The normalized spacial score (nSPS) is 17.7. The molecule has 3 aromatic rings. The average Bonchev–Trinajstić information content (AvgIpc) is 3.24. The molecule has 3 heterocycles. The second-order valence-electron chi connectivity index (χ2n) is 5.38.